The molecule has 0 unspecified atom stereocenters. The number of carbonyl (C=O) groups is 1. The molecule has 2 aromatic carbocycles. The number of fused-ring (bicyclic) bond motifs is 1. The van der Waals surface area contributed by atoms with Crippen LogP contribution in [0, 0.1) is 0 Å². The first-order chi connectivity index (χ1) is 15.7. The lowest BCUT2D eigenvalue weighted by atomic mass is 9.99. The number of nitrogens with one attached hydrogen (secondary N) is 1. The molecule has 0 saturated heterocycles. The van der Waals surface area contributed by atoms with Gasteiger partial charge in [0.1, 0.15) is 17.1 Å². The zero-order valence-corrected chi connectivity index (χ0v) is 17.6. The summed E-state index contributed by atoms with van der Waals surface area (Å²) < 4.78 is 16.6. The highest BCUT2D eigenvalue weighted by Gasteiger charge is 2.17. The normalized spacial score (nSPS) is 11.0. The van der Waals surface area contributed by atoms with Crippen molar-refractivity contribution >= 4 is 17.0 Å². The SMILES string of the molecule is COCCOCOc1c(-c2ccc(CC(=O)O)cc2)cccc1-c1nc2cnccc2[nH]1. The van der Waals surface area contributed by atoms with Crippen LogP contribution in [0.4, 0.5) is 0 Å². The monoisotopic (exact) mass is 433 g/mol. The van der Waals surface area contributed by atoms with E-state index in [2.05, 4.69) is 15.0 Å². The Morgan fingerprint density at radius 3 is 2.62 bits per heavy atom. The molecule has 4 rings (SSSR count). The predicted octanol–water partition coefficient (Wildman–Crippen LogP) is 3.92. The maximum absolute atomic E-state index is 11.0. The van der Waals surface area contributed by atoms with Crippen LogP contribution in [0.25, 0.3) is 33.5 Å². The van der Waals surface area contributed by atoms with Crippen molar-refractivity contribution < 1.29 is 24.1 Å². The Kier molecular flexibility index (Phi) is 6.74. The number of H-pyrrole nitrogens is 1. The molecule has 0 atom stereocenters. The minimum Gasteiger partial charge on any atom is -0.481 e. The summed E-state index contributed by atoms with van der Waals surface area (Å²) in [6.07, 6.45) is 3.39. The number of para-hydroxylation sites is 1. The van der Waals surface area contributed by atoms with Crippen LogP contribution in [-0.4, -0.2) is 53.1 Å². The zero-order chi connectivity index (χ0) is 22.3. The predicted molar refractivity (Wildman–Crippen MR) is 119 cm³/mol. The van der Waals surface area contributed by atoms with E-state index in [0.29, 0.717) is 24.8 Å². The van der Waals surface area contributed by atoms with E-state index in [1.807, 2.05) is 48.5 Å². The van der Waals surface area contributed by atoms with Crippen molar-refractivity contribution in [2.75, 3.05) is 27.1 Å². The smallest absolute Gasteiger partial charge is 0.307 e. The molecule has 0 radical (unpaired) electrons. The van der Waals surface area contributed by atoms with Gasteiger partial charge in [0.15, 0.2) is 6.79 Å². The number of hydrogen-bond donors (Lipinski definition) is 2. The quantitative estimate of drug-likeness (QED) is 0.288. The third-order valence-electron chi connectivity index (χ3n) is 4.89. The fraction of sp³-hybridized carbons (Fsp3) is 0.208. The number of benzene rings is 2. The Morgan fingerprint density at radius 1 is 1.06 bits per heavy atom. The van der Waals surface area contributed by atoms with E-state index in [0.717, 1.165) is 33.3 Å². The number of aliphatic carboxylic acids is 1. The number of methoxy groups -OCH3 is 1. The van der Waals surface area contributed by atoms with Crippen LogP contribution < -0.4 is 4.74 Å². The van der Waals surface area contributed by atoms with E-state index in [1.165, 1.54) is 0 Å². The minimum atomic E-state index is -0.864. The van der Waals surface area contributed by atoms with Gasteiger partial charge in [-0.3, -0.25) is 9.78 Å². The molecule has 164 valence electrons. The van der Waals surface area contributed by atoms with E-state index in [1.54, 1.807) is 19.5 Å². The van der Waals surface area contributed by atoms with E-state index in [-0.39, 0.29) is 13.2 Å². The molecule has 0 aliphatic carbocycles. The second kappa shape index (κ2) is 10.0. The Labute approximate surface area is 184 Å². The molecule has 0 bridgehead atoms. The van der Waals surface area contributed by atoms with Crippen LogP contribution >= 0.6 is 0 Å². The van der Waals surface area contributed by atoms with Crippen molar-refractivity contribution in [2.45, 2.75) is 6.42 Å². The molecular formula is C24H23N3O5. The molecule has 8 nitrogen and oxygen atoms in total. The van der Waals surface area contributed by atoms with Gasteiger partial charge in [0.05, 0.1) is 36.9 Å². The lowest BCUT2D eigenvalue weighted by molar-refractivity contribution is -0.136. The fourth-order valence-electron chi connectivity index (χ4n) is 3.37. The highest BCUT2D eigenvalue weighted by Crippen LogP contribution is 2.38. The summed E-state index contributed by atoms with van der Waals surface area (Å²) in [6, 6.07) is 15.1. The molecule has 0 spiro atoms. The topological polar surface area (TPSA) is 107 Å². The largest absolute Gasteiger partial charge is 0.481 e. The average molecular weight is 433 g/mol. The maximum Gasteiger partial charge on any atom is 0.307 e. The number of imidazole rings is 1. The fourth-order valence-corrected chi connectivity index (χ4v) is 3.37. The molecule has 0 amide bonds. The Morgan fingerprint density at radius 2 is 1.88 bits per heavy atom. The Bertz CT molecular complexity index is 1170. The molecule has 2 N–H and O–H groups in total. The van der Waals surface area contributed by atoms with Crippen LogP contribution in [-0.2, 0) is 20.7 Å². The van der Waals surface area contributed by atoms with Gasteiger partial charge in [0, 0.05) is 18.9 Å². The molecule has 2 heterocycles. The van der Waals surface area contributed by atoms with Crippen molar-refractivity contribution in [3.8, 4) is 28.3 Å². The van der Waals surface area contributed by atoms with Crippen LogP contribution in [0.1, 0.15) is 5.56 Å². The standard InChI is InChI=1S/C24H23N3O5/c1-30-11-12-31-15-32-23-18(17-7-5-16(6-8-17)13-22(28)29)3-2-4-19(23)24-26-20-9-10-25-14-21(20)27-24/h2-10,14H,11-13,15H2,1H3,(H,26,27)(H,28,29). The van der Waals surface area contributed by atoms with Gasteiger partial charge >= 0.3 is 5.97 Å². The average Bonchev–Trinajstić information content (AvgIpc) is 3.23. The van der Waals surface area contributed by atoms with E-state index in [9.17, 15) is 4.79 Å². The number of hydrogen-bond acceptors (Lipinski definition) is 6. The second-order valence-corrected chi connectivity index (χ2v) is 7.09. The molecule has 0 fully saturated rings. The number of ether oxygens (including phenoxy) is 3. The van der Waals surface area contributed by atoms with Crippen molar-refractivity contribution in [1.29, 1.82) is 0 Å². The third kappa shape index (κ3) is 4.93. The van der Waals surface area contributed by atoms with Gasteiger partial charge in [0.25, 0.3) is 0 Å². The molecule has 8 heteroatoms. The molecule has 0 aliphatic rings. The first kappa shape index (κ1) is 21.5. The zero-order valence-electron chi connectivity index (χ0n) is 17.6. The minimum absolute atomic E-state index is 0.0238. The molecule has 2 aromatic heterocycles. The summed E-state index contributed by atoms with van der Waals surface area (Å²) in [6.45, 7) is 0.930. The summed E-state index contributed by atoms with van der Waals surface area (Å²) >= 11 is 0. The van der Waals surface area contributed by atoms with Crippen LogP contribution in [0.2, 0.25) is 0 Å². The summed E-state index contributed by atoms with van der Waals surface area (Å²) in [5.41, 5.74) is 4.88. The van der Waals surface area contributed by atoms with Gasteiger partial charge in [-0.05, 0) is 23.3 Å². The van der Waals surface area contributed by atoms with Crippen molar-refractivity contribution in [1.82, 2.24) is 15.0 Å². The molecule has 32 heavy (non-hydrogen) atoms. The first-order valence-electron chi connectivity index (χ1n) is 10.1. The number of rotatable bonds is 10. The van der Waals surface area contributed by atoms with Crippen LogP contribution in [0.15, 0.2) is 60.9 Å². The van der Waals surface area contributed by atoms with Gasteiger partial charge in [0.2, 0.25) is 0 Å². The van der Waals surface area contributed by atoms with E-state index < -0.39 is 5.97 Å². The Balaban J connectivity index is 1.71. The third-order valence-corrected chi connectivity index (χ3v) is 4.89. The lowest BCUT2D eigenvalue weighted by Gasteiger charge is -2.16. The van der Waals surface area contributed by atoms with Crippen molar-refractivity contribution in [2.24, 2.45) is 0 Å². The Hall–Kier alpha value is -3.75. The summed E-state index contributed by atoms with van der Waals surface area (Å²) in [7, 11) is 1.61. The maximum atomic E-state index is 11.0. The molecule has 4 aromatic rings. The number of pyridine rings is 1. The van der Waals surface area contributed by atoms with Gasteiger partial charge in [-0.25, -0.2) is 4.98 Å². The second-order valence-electron chi connectivity index (χ2n) is 7.09. The van der Waals surface area contributed by atoms with Gasteiger partial charge in [-0.15, -0.1) is 0 Å². The molecular weight excluding hydrogens is 410 g/mol. The lowest BCUT2D eigenvalue weighted by Crippen LogP contribution is -2.09. The van der Waals surface area contributed by atoms with Gasteiger partial charge in [-0.1, -0.05) is 36.4 Å². The molecule has 0 saturated carbocycles. The van der Waals surface area contributed by atoms with Gasteiger partial charge < -0.3 is 24.3 Å². The van der Waals surface area contributed by atoms with Crippen molar-refractivity contribution in [3.05, 3.63) is 66.5 Å². The number of carboxylic acid groups (broad SMARTS) is 1. The highest BCUT2D eigenvalue weighted by molar-refractivity contribution is 5.84. The van der Waals surface area contributed by atoms with Gasteiger partial charge in [-0.2, -0.15) is 0 Å². The first-order valence-corrected chi connectivity index (χ1v) is 10.1. The molecule has 0 aliphatic heterocycles. The van der Waals surface area contributed by atoms with E-state index in [4.69, 9.17) is 19.3 Å². The number of aromatic amines is 1. The number of carboxylic acids is 1. The number of aromatic nitrogens is 3. The van der Waals surface area contributed by atoms with Crippen LogP contribution in [0.5, 0.6) is 5.75 Å². The summed E-state index contributed by atoms with van der Waals surface area (Å²) in [5.74, 6) is 0.406. The summed E-state index contributed by atoms with van der Waals surface area (Å²) in [4.78, 5) is 23.1. The summed E-state index contributed by atoms with van der Waals surface area (Å²) in [5, 5.41) is 9.02. The van der Waals surface area contributed by atoms with Crippen molar-refractivity contribution in [3.63, 3.8) is 0 Å². The van der Waals surface area contributed by atoms with E-state index >= 15 is 0 Å². The number of nitrogens with zero attached hydrogens (tertiary/aromatic N) is 2. The van der Waals surface area contributed by atoms with Crippen LogP contribution in [0.3, 0.4) is 0 Å². The highest BCUT2D eigenvalue weighted by atomic mass is 16.7.